The Morgan fingerprint density at radius 3 is 1.36 bits per heavy atom. The molecular weight excluding hydrogens is 750 g/mol. The van der Waals surface area contributed by atoms with Crippen molar-refractivity contribution in [3.63, 3.8) is 0 Å². The minimum Gasteiger partial charge on any atom is -0.462 e. The van der Waals surface area contributed by atoms with E-state index in [1.165, 1.54) is 103 Å². The molecule has 4 N–H and O–H groups in total. The quantitative estimate of drug-likeness (QED) is 0.0197. The average molecular weight is 829 g/mol. The highest BCUT2D eigenvalue weighted by Crippen LogP contribution is 2.43. The molecule has 15 heteroatoms. The van der Waals surface area contributed by atoms with Gasteiger partial charge in [-0.15, -0.1) is 0 Å². The zero-order valence-corrected chi connectivity index (χ0v) is 36.1. The lowest BCUT2D eigenvalue weighted by Gasteiger charge is -2.20. The fraction of sp³-hybridized carbons (Fsp3) is 0.900. The summed E-state index contributed by atoms with van der Waals surface area (Å²) in [6.45, 7) is 1.76. The molecule has 0 saturated carbocycles. The van der Waals surface area contributed by atoms with Crippen molar-refractivity contribution < 1.29 is 61.6 Å². The SMILES string of the molecule is CCCCCC/C=C\CCCCCCCCCC(=O)O[C@H](COC(=O)CCCCCCCCCCCCCCC)COP(=O)(O)OC[C@@H](O)COP(=O)(O)O. The Balaban J connectivity index is 4.51. The number of hydrogen-bond acceptors (Lipinski definition) is 10. The van der Waals surface area contributed by atoms with E-state index in [-0.39, 0.29) is 19.4 Å². The highest BCUT2D eigenvalue weighted by Gasteiger charge is 2.28. The molecule has 0 heterocycles. The summed E-state index contributed by atoms with van der Waals surface area (Å²) in [6.07, 6.45) is 32.0. The number of aliphatic hydroxyl groups excluding tert-OH is 1. The maximum Gasteiger partial charge on any atom is 0.472 e. The second-order valence-corrected chi connectivity index (χ2v) is 17.3. The highest BCUT2D eigenvalue weighted by atomic mass is 31.2. The van der Waals surface area contributed by atoms with Crippen LogP contribution in [0.5, 0.6) is 0 Å². The van der Waals surface area contributed by atoms with Gasteiger partial charge in [-0.1, -0.05) is 154 Å². The number of unbranched alkanes of at least 4 members (excludes halogenated alkanes) is 23. The number of esters is 2. The largest absolute Gasteiger partial charge is 0.472 e. The first kappa shape index (κ1) is 53.9. The Bertz CT molecular complexity index is 1040. The predicted molar refractivity (Wildman–Crippen MR) is 216 cm³/mol. The zero-order chi connectivity index (χ0) is 40.9. The third-order valence-corrected chi connectivity index (χ3v) is 10.6. The zero-order valence-electron chi connectivity index (χ0n) is 34.3. The third-order valence-electron chi connectivity index (χ3n) is 9.14. The van der Waals surface area contributed by atoms with Crippen molar-refractivity contribution in [2.24, 2.45) is 0 Å². The molecule has 55 heavy (non-hydrogen) atoms. The molecule has 0 aromatic rings. The van der Waals surface area contributed by atoms with Crippen LogP contribution in [0, 0.1) is 0 Å². The second kappa shape index (κ2) is 37.2. The van der Waals surface area contributed by atoms with E-state index < -0.39 is 59.6 Å². The molecule has 0 radical (unpaired) electrons. The van der Waals surface area contributed by atoms with E-state index in [1.54, 1.807) is 0 Å². The molecule has 326 valence electrons. The molecule has 0 bridgehead atoms. The molecule has 0 saturated heterocycles. The normalized spacial score (nSPS) is 14.2. The summed E-state index contributed by atoms with van der Waals surface area (Å²) < 4.78 is 47.7. The predicted octanol–water partition coefficient (Wildman–Crippen LogP) is 10.6. The summed E-state index contributed by atoms with van der Waals surface area (Å²) in [5.74, 6) is -1.03. The van der Waals surface area contributed by atoms with Crippen LogP contribution in [-0.4, -0.2) is 70.4 Å². The van der Waals surface area contributed by atoms with Crippen LogP contribution in [-0.2, 0) is 41.8 Å². The summed E-state index contributed by atoms with van der Waals surface area (Å²) in [7, 11) is -9.65. The van der Waals surface area contributed by atoms with Gasteiger partial charge in [-0.2, -0.15) is 0 Å². The lowest BCUT2D eigenvalue weighted by molar-refractivity contribution is -0.161. The first-order valence-corrected chi connectivity index (χ1v) is 24.4. The van der Waals surface area contributed by atoms with Crippen molar-refractivity contribution in [1.29, 1.82) is 0 Å². The average Bonchev–Trinajstić information content (AvgIpc) is 3.14. The number of hydrogen-bond donors (Lipinski definition) is 4. The number of carbonyl (C=O) groups is 2. The first-order valence-electron chi connectivity index (χ1n) is 21.4. The van der Waals surface area contributed by atoms with Gasteiger partial charge < -0.3 is 29.3 Å². The maximum atomic E-state index is 12.6. The number of carbonyl (C=O) groups excluding carboxylic acids is 2. The van der Waals surface area contributed by atoms with E-state index in [9.17, 15) is 28.7 Å². The number of ether oxygens (including phenoxy) is 2. The van der Waals surface area contributed by atoms with Crippen LogP contribution < -0.4 is 0 Å². The third kappa shape index (κ3) is 40.8. The fourth-order valence-electron chi connectivity index (χ4n) is 5.87. The van der Waals surface area contributed by atoms with Crippen LogP contribution in [0.4, 0.5) is 0 Å². The van der Waals surface area contributed by atoms with E-state index in [2.05, 4.69) is 35.0 Å². The molecule has 0 aliphatic carbocycles. The van der Waals surface area contributed by atoms with E-state index in [1.807, 2.05) is 0 Å². The summed E-state index contributed by atoms with van der Waals surface area (Å²) in [4.78, 5) is 52.6. The summed E-state index contributed by atoms with van der Waals surface area (Å²) >= 11 is 0. The van der Waals surface area contributed by atoms with Gasteiger partial charge in [0.05, 0.1) is 19.8 Å². The number of allylic oxidation sites excluding steroid dienone is 2. The molecule has 0 fully saturated rings. The summed E-state index contributed by atoms with van der Waals surface area (Å²) in [5, 5.41) is 9.73. The van der Waals surface area contributed by atoms with Gasteiger partial charge in [-0.25, -0.2) is 9.13 Å². The summed E-state index contributed by atoms with van der Waals surface area (Å²) in [5.41, 5.74) is 0. The lowest BCUT2D eigenvalue weighted by Crippen LogP contribution is -2.30. The van der Waals surface area contributed by atoms with Gasteiger partial charge in [0.2, 0.25) is 0 Å². The molecule has 0 aliphatic rings. The Morgan fingerprint density at radius 2 is 0.891 bits per heavy atom. The van der Waals surface area contributed by atoms with Crippen LogP contribution in [0.15, 0.2) is 12.2 Å². The molecule has 0 spiro atoms. The molecular formula is C40H78O13P2. The molecule has 0 aliphatic heterocycles. The van der Waals surface area contributed by atoms with Crippen molar-refractivity contribution in [2.45, 2.75) is 206 Å². The van der Waals surface area contributed by atoms with Gasteiger partial charge in [-0.05, 0) is 38.5 Å². The maximum absolute atomic E-state index is 12.6. The standard InChI is InChI=1S/C40H78O13P2/c1-3-5-7-9-11-13-15-17-18-20-22-24-26-28-30-32-40(43)53-38(36-52-55(47,48)51-34-37(41)33-50-54(44,45)46)35-49-39(42)31-29-27-25-23-21-19-16-14-12-10-8-6-4-2/h13,15,37-38,41H,3-12,14,16-36H2,1-2H3,(H,47,48)(H2,44,45,46)/b15-13-/t37-,38+/m0/s1. The molecule has 1 unspecified atom stereocenters. The molecule has 13 nitrogen and oxygen atoms in total. The Hall–Kier alpha value is -1.14. The van der Waals surface area contributed by atoms with Crippen molar-refractivity contribution in [2.75, 3.05) is 26.4 Å². The number of rotatable bonds is 41. The van der Waals surface area contributed by atoms with E-state index in [4.69, 9.17) is 23.8 Å². The monoisotopic (exact) mass is 828 g/mol. The van der Waals surface area contributed by atoms with Crippen molar-refractivity contribution in [1.82, 2.24) is 0 Å². The molecule has 0 aromatic carbocycles. The molecule has 3 atom stereocenters. The second-order valence-electron chi connectivity index (χ2n) is 14.6. The highest BCUT2D eigenvalue weighted by molar-refractivity contribution is 7.47. The topological polar surface area (TPSA) is 195 Å². The van der Waals surface area contributed by atoms with Gasteiger partial charge in [-0.3, -0.25) is 23.2 Å². The van der Waals surface area contributed by atoms with Gasteiger partial charge >= 0.3 is 27.6 Å². The van der Waals surface area contributed by atoms with Crippen LogP contribution in [0.25, 0.3) is 0 Å². The van der Waals surface area contributed by atoms with Gasteiger partial charge in [0.25, 0.3) is 0 Å². The minimum atomic E-state index is -4.86. The molecule has 0 amide bonds. The number of phosphoric acid groups is 2. The molecule has 0 rings (SSSR count). The Morgan fingerprint density at radius 1 is 0.509 bits per heavy atom. The van der Waals surface area contributed by atoms with E-state index >= 15 is 0 Å². The Kier molecular flexibility index (Phi) is 36.4. The first-order chi connectivity index (χ1) is 26.4. The van der Waals surface area contributed by atoms with Crippen LogP contribution in [0.1, 0.15) is 194 Å². The fourth-order valence-corrected chi connectivity index (χ4v) is 7.03. The van der Waals surface area contributed by atoms with Crippen molar-refractivity contribution in [3.8, 4) is 0 Å². The van der Waals surface area contributed by atoms with Crippen LogP contribution in [0.3, 0.4) is 0 Å². The minimum absolute atomic E-state index is 0.130. The van der Waals surface area contributed by atoms with E-state index in [0.29, 0.717) is 12.8 Å². The van der Waals surface area contributed by atoms with E-state index in [0.717, 1.165) is 51.4 Å². The van der Waals surface area contributed by atoms with Crippen molar-refractivity contribution in [3.05, 3.63) is 12.2 Å². The van der Waals surface area contributed by atoms with Gasteiger partial charge in [0.1, 0.15) is 12.7 Å². The van der Waals surface area contributed by atoms with Crippen LogP contribution in [0.2, 0.25) is 0 Å². The molecule has 0 aromatic heterocycles. The summed E-state index contributed by atoms with van der Waals surface area (Å²) in [6, 6.07) is 0. The smallest absolute Gasteiger partial charge is 0.462 e. The van der Waals surface area contributed by atoms with Crippen molar-refractivity contribution >= 4 is 27.6 Å². The lowest BCUT2D eigenvalue weighted by atomic mass is 10.0. The number of aliphatic hydroxyl groups is 1. The number of phosphoric ester groups is 2. The Labute approximate surface area is 332 Å². The van der Waals surface area contributed by atoms with Gasteiger partial charge in [0, 0.05) is 12.8 Å². The van der Waals surface area contributed by atoms with Crippen LogP contribution >= 0.6 is 15.6 Å². The van der Waals surface area contributed by atoms with Gasteiger partial charge in [0.15, 0.2) is 6.10 Å².